The smallest absolute Gasteiger partial charge is 0.251 e. The Labute approximate surface area is 204 Å². The molecule has 1 saturated heterocycles. The normalized spacial score (nSPS) is 15.9. The number of nitrogens with one attached hydrogen (secondary N) is 2. The van der Waals surface area contributed by atoms with Gasteiger partial charge in [-0.05, 0) is 44.4 Å². The average Bonchev–Trinajstić information content (AvgIpc) is 3.22. The number of anilines is 1. The number of benzene rings is 2. The molecule has 9 nitrogen and oxygen atoms in total. The quantitative estimate of drug-likeness (QED) is 0.518. The van der Waals surface area contributed by atoms with E-state index in [1.54, 1.807) is 38.1 Å². The fraction of sp³-hybridized carbons (Fsp3) is 0.320. The van der Waals surface area contributed by atoms with E-state index in [0.717, 1.165) is 0 Å². The van der Waals surface area contributed by atoms with Crippen LogP contribution in [0.5, 0.6) is 0 Å². The zero-order valence-electron chi connectivity index (χ0n) is 19.6. The second-order valence-electron chi connectivity index (χ2n) is 8.54. The van der Waals surface area contributed by atoms with Gasteiger partial charge in [0.1, 0.15) is 16.6 Å². The molecule has 0 bridgehead atoms. The summed E-state index contributed by atoms with van der Waals surface area (Å²) in [5.41, 5.74) is 1.61. The lowest BCUT2D eigenvalue weighted by molar-refractivity contribution is -0.130. The van der Waals surface area contributed by atoms with Gasteiger partial charge >= 0.3 is 0 Å². The molecule has 0 saturated carbocycles. The lowest BCUT2D eigenvalue weighted by atomic mass is 9.96. The van der Waals surface area contributed by atoms with E-state index in [1.807, 2.05) is 36.4 Å². The van der Waals surface area contributed by atoms with E-state index in [9.17, 15) is 18.0 Å². The molecule has 0 radical (unpaired) electrons. The molecule has 1 atom stereocenters. The molecule has 1 unspecified atom stereocenters. The maximum absolute atomic E-state index is 13.1. The van der Waals surface area contributed by atoms with Crippen molar-refractivity contribution in [2.24, 2.45) is 5.92 Å². The van der Waals surface area contributed by atoms with Crippen LogP contribution in [0.25, 0.3) is 0 Å². The lowest BCUT2D eigenvalue weighted by Crippen LogP contribution is -2.45. The van der Waals surface area contributed by atoms with E-state index in [-0.39, 0.29) is 35.6 Å². The first-order valence-electron chi connectivity index (χ1n) is 11.4. The minimum absolute atomic E-state index is 0.0853. The standard InChI is InChI=1S/C25H28N4O5S/c1-17-23(18(2)34-28-17)35(32,33)29-15-13-20(14-16-29)24(30)27-22(19-9-5-3-6-10-19)25(31)26-21-11-7-4-8-12-21/h3-12,20,22H,13-16H2,1-2H3,(H,26,31)(H,27,30). The molecule has 1 aliphatic heterocycles. The number of hydrogen-bond donors (Lipinski definition) is 2. The van der Waals surface area contributed by atoms with Crippen molar-refractivity contribution in [3.05, 3.63) is 77.7 Å². The van der Waals surface area contributed by atoms with Crippen molar-refractivity contribution in [3.63, 3.8) is 0 Å². The van der Waals surface area contributed by atoms with Gasteiger partial charge in [-0.3, -0.25) is 9.59 Å². The van der Waals surface area contributed by atoms with Crippen LogP contribution in [0.4, 0.5) is 5.69 Å². The molecule has 3 aromatic rings. The minimum Gasteiger partial charge on any atom is -0.360 e. The highest BCUT2D eigenvalue weighted by Gasteiger charge is 2.36. The van der Waals surface area contributed by atoms with Crippen LogP contribution in [0.3, 0.4) is 0 Å². The summed E-state index contributed by atoms with van der Waals surface area (Å²) >= 11 is 0. The number of carbonyl (C=O) groups is 2. The Morgan fingerprint density at radius 1 is 1.00 bits per heavy atom. The number of carbonyl (C=O) groups excluding carboxylic acids is 2. The molecule has 35 heavy (non-hydrogen) atoms. The Balaban J connectivity index is 1.44. The van der Waals surface area contributed by atoms with Crippen molar-refractivity contribution in [2.45, 2.75) is 37.6 Å². The molecule has 1 aliphatic rings. The number of aromatic nitrogens is 1. The fourth-order valence-electron chi connectivity index (χ4n) is 4.27. The van der Waals surface area contributed by atoms with Gasteiger partial charge in [-0.1, -0.05) is 53.7 Å². The molecule has 1 aromatic heterocycles. The van der Waals surface area contributed by atoms with Gasteiger partial charge in [0.25, 0.3) is 5.91 Å². The van der Waals surface area contributed by atoms with Gasteiger partial charge < -0.3 is 15.2 Å². The van der Waals surface area contributed by atoms with E-state index >= 15 is 0 Å². The first-order chi connectivity index (χ1) is 16.8. The van der Waals surface area contributed by atoms with Crippen molar-refractivity contribution in [1.82, 2.24) is 14.8 Å². The topological polar surface area (TPSA) is 122 Å². The predicted molar refractivity (Wildman–Crippen MR) is 130 cm³/mol. The molecule has 0 aliphatic carbocycles. The molecule has 2 heterocycles. The van der Waals surface area contributed by atoms with E-state index < -0.39 is 22.0 Å². The van der Waals surface area contributed by atoms with Crippen LogP contribution < -0.4 is 10.6 Å². The Hall–Kier alpha value is -3.50. The SMILES string of the molecule is Cc1noc(C)c1S(=O)(=O)N1CCC(C(=O)NC(C(=O)Nc2ccccc2)c2ccccc2)CC1. The van der Waals surface area contributed by atoms with Crippen molar-refractivity contribution in [3.8, 4) is 0 Å². The predicted octanol–water partition coefficient (Wildman–Crippen LogP) is 3.19. The van der Waals surface area contributed by atoms with Gasteiger partial charge in [0.05, 0.1) is 0 Å². The summed E-state index contributed by atoms with van der Waals surface area (Å²) in [6.45, 7) is 3.54. The second kappa shape index (κ2) is 10.4. The van der Waals surface area contributed by atoms with Gasteiger partial charge in [-0.25, -0.2) is 8.42 Å². The van der Waals surface area contributed by atoms with Crippen LogP contribution in [-0.4, -0.2) is 42.8 Å². The van der Waals surface area contributed by atoms with E-state index in [2.05, 4.69) is 15.8 Å². The Kier molecular flexibility index (Phi) is 7.32. The Morgan fingerprint density at radius 2 is 1.60 bits per heavy atom. The molecule has 2 amide bonds. The minimum atomic E-state index is -3.76. The molecule has 0 spiro atoms. The highest BCUT2D eigenvalue weighted by Crippen LogP contribution is 2.28. The van der Waals surface area contributed by atoms with Crippen LogP contribution in [0.15, 0.2) is 70.1 Å². The summed E-state index contributed by atoms with van der Waals surface area (Å²) < 4.78 is 32.5. The highest BCUT2D eigenvalue weighted by atomic mass is 32.2. The number of hydrogen-bond acceptors (Lipinski definition) is 6. The Morgan fingerprint density at radius 3 is 2.17 bits per heavy atom. The third-order valence-corrected chi connectivity index (χ3v) is 8.26. The van der Waals surface area contributed by atoms with E-state index in [4.69, 9.17) is 4.52 Å². The Bertz CT molecular complexity index is 1260. The maximum atomic E-state index is 13.1. The van der Waals surface area contributed by atoms with Crippen LogP contribution in [0.1, 0.15) is 35.9 Å². The van der Waals surface area contributed by atoms with Gasteiger partial charge in [0.2, 0.25) is 15.9 Å². The molecule has 10 heteroatoms. The van der Waals surface area contributed by atoms with Crippen LogP contribution >= 0.6 is 0 Å². The zero-order chi connectivity index (χ0) is 25.0. The largest absolute Gasteiger partial charge is 0.360 e. The third-order valence-electron chi connectivity index (χ3n) is 6.11. The number of aryl methyl sites for hydroxylation is 2. The average molecular weight is 497 g/mol. The van der Waals surface area contributed by atoms with Gasteiger partial charge in [-0.15, -0.1) is 0 Å². The summed E-state index contributed by atoms with van der Waals surface area (Å²) in [5, 5.41) is 9.47. The molecule has 1 fully saturated rings. The monoisotopic (exact) mass is 496 g/mol. The number of amides is 2. The van der Waals surface area contributed by atoms with E-state index in [0.29, 0.717) is 29.8 Å². The van der Waals surface area contributed by atoms with Crippen molar-refractivity contribution in [1.29, 1.82) is 0 Å². The molecular weight excluding hydrogens is 468 g/mol. The highest BCUT2D eigenvalue weighted by molar-refractivity contribution is 7.89. The first kappa shape index (κ1) is 24.6. The summed E-state index contributed by atoms with van der Waals surface area (Å²) in [7, 11) is -3.76. The van der Waals surface area contributed by atoms with Crippen molar-refractivity contribution < 1.29 is 22.5 Å². The third kappa shape index (κ3) is 5.44. The zero-order valence-corrected chi connectivity index (χ0v) is 20.4. The molecule has 4 rings (SSSR count). The summed E-state index contributed by atoms with van der Waals surface area (Å²) in [6.07, 6.45) is 0.687. The van der Waals surface area contributed by atoms with Crippen LogP contribution in [0.2, 0.25) is 0 Å². The molecule has 2 aromatic carbocycles. The van der Waals surface area contributed by atoms with Crippen molar-refractivity contribution in [2.75, 3.05) is 18.4 Å². The maximum Gasteiger partial charge on any atom is 0.251 e. The lowest BCUT2D eigenvalue weighted by Gasteiger charge is -2.31. The van der Waals surface area contributed by atoms with Crippen molar-refractivity contribution >= 4 is 27.5 Å². The second-order valence-corrected chi connectivity index (χ2v) is 10.4. The summed E-state index contributed by atoms with van der Waals surface area (Å²) in [6, 6.07) is 17.2. The molecule has 2 N–H and O–H groups in total. The van der Waals surface area contributed by atoms with Gasteiger partial charge in [0.15, 0.2) is 5.76 Å². The number of sulfonamides is 1. The number of rotatable bonds is 7. The summed E-state index contributed by atoms with van der Waals surface area (Å²) in [5.74, 6) is -0.801. The molecular formula is C25H28N4O5S. The van der Waals surface area contributed by atoms with Gasteiger partial charge in [0, 0.05) is 24.7 Å². The number of piperidine rings is 1. The van der Waals surface area contributed by atoms with Gasteiger partial charge in [-0.2, -0.15) is 4.31 Å². The van der Waals surface area contributed by atoms with E-state index in [1.165, 1.54) is 4.31 Å². The van der Waals surface area contributed by atoms with Crippen LogP contribution in [-0.2, 0) is 19.6 Å². The first-order valence-corrected chi connectivity index (χ1v) is 12.9. The fourth-order valence-corrected chi connectivity index (χ4v) is 6.03. The summed E-state index contributed by atoms with van der Waals surface area (Å²) in [4.78, 5) is 26.3. The number of para-hydroxylation sites is 1. The molecule has 184 valence electrons. The number of nitrogens with zero attached hydrogens (tertiary/aromatic N) is 2. The van der Waals surface area contributed by atoms with Crippen LogP contribution in [0, 0.1) is 19.8 Å².